The lowest BCUT2D eigenvalue weighted by Crippen LogP contribution is -2.56. The number of nitrogens with one attached hydrogen (secondary N) is 2. The first kappa shape index (κ1) is 19.3. The van der Waals surface area contributed by atoms with Gasteiger partial charge in [0, 0.05) is 38.8 Å². The Morgan fingerprint density at radius 2 is 1.62 bits per heavy atom. The lowest BCUT2D eigenvalue weighted by Gasteiger charge is -2.37. The molecule has 3 amide bonds. The molecule has 3 rings (SSSR count). The molecule has 2 atom stereocenters. The summed E-state index contributed by atoms with van der Waals surface area (Å²) < 4.78 is 0. The Kier molecular flexibility index (Phi) is 7.13. The molecule has 2 saturated heterocycles. The number of rotatable bonds is 2. The summed E-state index contributed by atoms with van der Waals surface area (Å²) in [5, 5.41) is 15.7. The third-order valence-corrected chi connectivity index (χ3v) is 5.22. The average molecular weight is 361 g/mol. The van der Waals surface area contributed by atoms with Crippen LogP contribution in [0.4, 0.5) is 4.79 Å². The fraction of sp³-hybridized carbons (Fsp3) is 0.875. The maximum Gasteiger partial charge on any atom is 0.317 e. The molecule has 1 aliphatic carbocycles. The van der Waals surface area contributed by atoms with Crippen molar-refractivity contribution in [3.63, 3.8) is 0 Å². The van der Waals surface area contributed by atoms with Crippen LogP contribution in [0.25, 0.3) is 0 Å². The van der Waals surface area contributed by atoms with Crippen molar-refractivity contribution in [2.24, 2.45) is 0 Å². The normalized spacial score (nSPS) is 28.4. The van der Waals surface area contributed by atoms with Gasteiger partial charge in [-0.1, -0.05) is 19.3 Å². The Morgan fingerprint density at radius 1 is 1.00 bits per heavy atom. The minimum absolute atomic E-state index is 0. The van der Waals surface area contributed by atoms with E-state index in [0.717, 1.165) is 12.8 Å². The second-order valence-corrected chi connectivity index (χ2v) is 6.95. The summed E-state index contributed by atoms with van der Waals surface area (Å²) in [6, 6.07) is 0.0612. The molecule has 2 aliphatic heterocycles. The molecule has 2 heterocycles. The predicted octanol–water partition coefficient (Wildman–Crippen LogP) is 0.318. The van der Waals surface area contributed by atoms with Crippen LogP contribution in [-0.2, 0) is 4.79 Å². The number of aliphatic hydroxyl groups excluding tert-OH is 1. The van der Waals surface area contributed by atoms with Gasteiger partial charge < -0.3 is 25.5 Å². The number of hydrogen-bond donors (Lipinski definition) is 3. The summed E-state index contributed by atoms with van der Waals surface area (Å²) in [5.74, 6) is 0.0499. The first-order chi connectivity index (χ1) is 11.1. The summed E-state index contributed by atoms with van der Waals surface area (Å²) in [7, 11) is 0. The Balaban J connectivity index is 0.00000208. The van der Waals surface area contributed by atoms with Gasteiger partial charge in [-0.15, -0.1) is 12.4 Å². The number of piperazine rings is 1. The number of urea groups is 1. The quantitative estimate of drug-likeness (QED) is 0.662. The summed E-state index contributed by atoms with van der Waals surface area (Å²) >= 11 is 0. The van der Waals surface area contributed by atoms with Gasteiger partial charge in [0.15, 0.2) is 0 Å². The van der Waals surface area contributed by atoms with E-state index in [0.29, 0.717) is 45.2 Å². The van der Waals surface area contributed by atoms with E-state index in [1.807, 2.05) is 4.90 Å². The van der Waals surface area contributed by atoms with E-state index in [2.05, 4.69) is 10.6 Å². The minimum Gasteiger partial charge on any atom is -0.392 e. The molecule has 7 nitrogen and oxygen atoms in total. The Bertz CT molecular complexity index is 437. The zero-order valence-electron chi connectivity index (χ0n) is 14.1. The highest BCUT2D eigenvalue weighted by Crippen LogP contribution is 2.18. The van der Waals surface area contributed by atoms with Crippen LogP contribution < -0.4 is 10.6 Å². The number of aliphatic hydroxyl groups is 1. The summed E-state index contributed by atoms with van der Waals surface area (Å²) in [5.41, 5.74) is 0. The Hall–Kier alpha value is -1.05. The van der Waals surface area contributed by atoms with E-state index >= 15 is 0 Å². The van der Waals surface area contributed by atoms with Crippen molar-refractivity contribution >= 4 is 24.3 Å². The molecule has 24 heavy (non-hydrogen) atoms. The number of amides is 3. The molecule has 138 valence electrons. The monoisotopic (exact) mass is 360 g/mol. The second kappa shape index (κ2) is 8.87. The van der Waals surface area contributed by atoms with E-state index in [1.165, 1.54) is 19.3 Å². The van der Waals surface area contributed by atoms with Crippen molar-refractivity contribution in [3.05, 3.63) is 0 Å². The summed E-state index contributed by atoms with van der Waals surface area (Å²) in [4.78, 5) is 28.3. The maximum absolute atomic E-state index is 12.4. The zero-order chi connectivity index (χ0) is 16.2. The molecule has 0 bridgehead atoms. The Morgan fingerprint density at radius 3 is 2.21 bits per heavy atom. The van der Waals surface area contributed by atoms with E-state index < -0.39 is 6.10 Å². The molecule has 3 N–H and O–H groups in total. The molecule has 2 unspecified atom stereocenters. The number of nitrogens with zero attached hydrogens (tertiary/aromatic N) is 2. The van der Waals surface area contributed by atoms with Crippen LogP contribution >= 0.6 is 12.4 Å². The molecule has 1 saturated carbocycles. The number of halogens is 1. The van der Waals surface area contributed by atoms with Gasteiger partial charge in [-0.05, 0) is 19.3 Å². The van der Waals surface area contributed by atoms with Gasteiger partial charge in [0.2, 0.25) is 5.91 Å². The third-order valence-electron chi connectivity index (χ3n) is 5.22. The third kappa shape index (κ3) is 4.74. The molecule has 0 aromatic carbocycles. The van der Waals surface area contributed by atoms with Gasteiger partial charge in [0.25, 0.3) is 0 Å². The molecule has 0 aromatic heterocycles. The smallest absolute Gasteiger partial charge is 0.317 e. The van der Waals surface area contributed by atoms with Gasteiger partial charge in [-0.2, -0.15) is 0 Å². The first-order valence-electron chi connectivity index (χ1n) is 8.89. The second-order valence-electron chi connectivity index (χ2n) is 6.95. The largest absolute Gasteiger partial charge is 0.392 e. The predicted molar refractivity (Wildman–Crippen MR) is 93.2 cm³/mol. The molecule has 0 radical (unpaired) electrons. The topological polar surface area (TPSA) is 84.9 Å². The highest BCUT2D eigenvalue weighted by molar-refractivity contribution is 5.85. The standard InChI is InChI=1S/C16H28N4O3.ClH/c21-13-10-14(17-11-13)15(22)19-6-8-20(9-7-19)16(23)18-12-4-2-1-3-5-12;/h12-14,17,21H,1-11H2,(H,18,23);1H. The first-order valence-corrected chi connectivity index (χ1v) is 8.89. The fourth-order valence-electron chi connectivity index (χ4n) is 3.77. The summed E-state index contributed by atoms with van der Waals surface area (Å²) in [6.07, 6.45) is 5.91. The van der Waals surface area contributed by atoms with Crippen LogP contribution in [0.2, 0.25) is 0 Å². The van der Waals surface area contributed by atoms with Crippen LogP contribution in [0.15, 0.2) is 0 Å². The molecule has 3 fully saturated rings. The SMILES string of the molecule is Cl.O=C(NC1CCCCC1)N1CCN(C(=O)C2CC(O)CN2)CC1. The van der Waals surface area contributed by atoms with Gasteiger partial charge >= 0.3 is 6.03 Å². The van der Waals surface area contributed by atoms with Gasteiger partial charge in [0.1, 0.15) is 0 Å². The fourth-order valence-corrected chi connectivity index (χ4v) is 3.77. The van der Waals surface area contributed by atoms with E-state index in [-0.39, 0.29) is 30.4 Å². The van der Waals surface area contributed by atoms with E-state index in [1.54, 1.807) is 4.90 Å². The van der Waals surface area contributed by atoms with Gasteiger partial charge in [-0.25, -0.2) is 4.79 Å². The van der Waals surface area contributed by atoms with Gasteiger partial charge in [-0.3, -0.25) is 4.79 Å². The molecule has 0 spiro atoms. The number of carbonyl (C=O) groups excluding carboxylic acids is 2. The van der Waals surface area contributed by atoms with Crippen LogP contribution in [0.1, 0.15) is 38.5 Å². The van der Waals surface area contributed by atoms with Crippen molar-refractivity contribution in [1.29, 1.82) is 0 Å². The Labute approximate surface area is 149 Å². The molecule has 8 heteroatoms. The van der Waals surface area contributed by atoms with Crippen LogP contribution in [0, 0.1) is 0 Å². The summed E-state index contributed by atoms with van der Waals surface area (Å²) in [6.45, 7) is 2.80. The molecular weight excluding hydrogens is 332 g/mol. The van der Waals surface area contributed by atoms with Crippen LogP contribution in [0.5, 0.6) is 0 Å². The van der Waals surface area contributed by atoms with Crippen molar-refractivity contribution in [2.75, 3.05) is 32.7 Å². The van der Waals surface area contributed by atoms with Crippen molar-refractivity contribution in [1.82, 2.24) is 20.4 Å². The number of hydrogen-bond acceptors (Lipinski definition) is 4. The van der Waals surface area contributed by atoms with Crippen molar-refractivity contribution < 1.29 is 14.7 Å². The molecular formula is C16H29ClN4O3. The lowest BCUT2D eigenvalue weighted by molar-refractivity contribution is -0.134. The number of β-amino-alcohol motifs (C(OH)–C–C–N with tert-alkyl or cyclic N) is 1. The highest BCUT2D eigenvalue weighted by Gasteiger charge is 2.33. The van der Waals surface area contributed by atoms with E-state index in [4.69, 9.17) is 0 Å². The van der Waals surface area contributed by atoms with Crippen molar-refractivity contribution in [2.45, 2.75) is 56.7 Å². The zero-order valence-corrected chi connectivity index (χ0v) is 14.9. The lowest BCUT2D eigenvalue weighted by atomic mass is 9.96. The van der Waals surface area contributed by atoms with Crippen molar-refractivity contribution in [3.8, 4) is 0 Å². The minimum atomic E-state index is -0.425. The molecule has 0 aromatic rings. The van der Waals surface area contributed by atoms with E-state index in [9.17, 15) is 14.7 Å². The highest BCUT2D eigenvalue weighted by atomic mass is 35.5. The number of carbonyl (C=O) groups is 2. The average Bonchev–Trinajstić information content (AvgIpc) is 3.02. The maximum atomic E-state index is 12.4. The molecule has 3 aliphatic rings. The van der Waals surface area contributed by atoms with Crippen LogP contribution in [-0.4, -0.2) is 77.8 Å². The van der Waals surface area contributed by atoms with Gasteiger partial charge in [0.05, 0.1) is 12.1 Å². The van der Waals surface area contributed by atoms with Crippen LogP contribution in [0.3, 0.4) is 0 Å².